The summed E-state index contributed by atoms with van der Waals surface area (Å²) in [4.78, 5) is 18.6. The fraction of sp³-hybridized carbons (Fsp3) is 0.591. The molecule has 0 saturated carbocycles. The lowest BCUT2D eigenvalue weighted by Crippen LogP contribution is -2.41. The Morgan fingerprint density at radius 2 is 2.07 bits per heavy atom. The number of carboxylic acids is 1. The summed E-state index contributed by atoms with van der Waals surface area (Å²) in [6.07, 6.45) is 4.68. The van der Waals surface area contributed by atoms with E-state index in [0.717, 1.165) is 75.1 Å². The number of nitrogens with zero attached hydrogens (tertiary/aromatic N) is 2. The fourth-order valence-electron chi connectivity index (χ4n) is 3.75. The molecule has 0 bridgehead atoms. The number of unbranched alkanes of at least 4 members (excludes halogenated alkanes) is 1. The van der Waals surface area contributed by atoms with Crippen LogP contribution in [0.4, 0.5) is 0 Å². The molecule has 0 spiro atoms. The Morgan fingerprint density at radius 1 is 1.33 bits per heavy atom. The van der Waals surface area contributed by atoms with E-state index in [4.69, 9.17) is 20.1 Å². The van der Waals surface area contributed by atoms with E-state index in [2.05, 4.69) is 22.3 Å². The second kappa shape index (κ2) is 11.1. The molecule has 1 fully saturated rings. The standard InChI is InChI=1S/C22H32N4O4/c1-2-3-10-24-22(23)17-6-4-16(5-7-17)20-13-19(30-25-20)14-26-11-8-18(9-12-26)29-15-21(27)28/h4-7,18-19H,2-3,8-15H2,1H3,(H2,23,24)(H,27,28). The maximum Gasteiger partial charge on any atom is 0.329 e. The molecule has 2 aliphatic heterocycles. The van der Waals surface area contributed by atoms with Crippen molar-refractivity contribution in [3.8, 4) is 0 Å². The third-order valence-electron chi connectivity index (χ3n) is 5.51. The third-order valence-corrected chi connectivity index (χ3v) is 5.51. The molecule has 0 amide bonds. The monoisotopic (exact) mass is 416 g/mol. The van der Waals surface area contributed by atoms with Crippen LogP contribution < -0.4 is 5.32 Å². The van der Waals surface area contributed by atoms with E-state index in [1.807, 2.05) is 24.3 Å². The Kier molecular flexibility index (Phi) is 8.21. The van der Waals surface area contributed by atoms with Crippen LogP contribution in [-0.2, 0) is 14.4 Å². The summed E-state index contributed by atoms with van der Waals surface area (Å²) in [5, 5.41) is 24.3. The average molecular weight is 417 g/mol. The molecule has 1 unspecified atom stereocenters. The van der Waals surface area contributed by atoms with Gasteiger partial charge in [0.15, 0.2) is 0 Å². The summed E-state index contributed by atoms with van der Waals surface area (Å²) in [6, 6.07) is 7.91. The lowest BCUT2D eigenvalue weighted by atomic mass is 10.0. The Hall–Kier alpha value is -2.45. The third kappa shape index (κ3) is 6.53. The van der Waals surface area contributed by atoms with Crippen LogP contribution >= 0.6 is 0 Å². The molecular weight excluding hydrogens is 384 g/mol. The molecule has 8 nitrogen and oxygen atoms in total. The number of rotatable bonds is 10. The number of carbonyl (C=O) groups is 1. The molecule has 1 atom stereocenters. The average Bonchev–Trinajstić information content (AvgIpc) is 3.22. The minimum atomic E-state index is -0.918. The first kappa shape index (κ1) is 22.2. The molecule has 3 N–H and O–H groups in total. The molecule has 1 aromatic rings. The topological polar surface area (TPSA) is 107 Å². The molecule has 2 aliphatic rings. The molecule has 1 saturated heterocycles. The molecule has 2 heterocycles. The number of carboxylic acid groups (broad SMARTS) is 1. The van der Waals surface area contributed by atoms with Crippen molar-refractivity contribution in [2.24, 2.45) is 5.16 Å². The highest BCUT2D eigenvalue weighted by atomic mass is 16.6. The summed E-state index contributed by atoms with van der Waals surface area (Å²) in [6.45, 7) is 5.30. The van der Waals surface area contributed by atoms with Gasteiger partial charge in [-0.3, -0.25) is 10.3 Å². The Labute approximate surface area is 177 Å². The highest BCUT2D eigenvalue weighted by Crippen LogP contribution is 2.20. The van der Waals surface area contributed by atoms with Crippen molar-refractivity contribution in [3.63, 3.8) is 0 Å². The first-order valence-corrected chi connectivity index (χ1v) is 10.8. The summed E-state index contributed by atoms with van der Waals surface area (Å²) < 4.78 is 5.39. The van der Waals surface area contributed by atoms with Gasteiger partial charge in [-0.05, 0) is 24.8 Å². The number of aliphatic carboxylic acids is 1. The minimum Gasteiger partial charge on any atom is -0.480 e. The number of hydrogen-bond donors (Lipinski definition) is 3. The maximum absolute atomic E-state index is 10.6. The SMILES string of the molecule is CCCCNC(=N)c1ccc(C2=NOC(CN3CCC(OCC(=O)O)CC3)C2)cc1. The number of oxime groups is 1. The summed E-state index contributed by atoms with van der Waals surface area (Å²) in [7, 11) is 0. The van der Waals surface area contributed by atoms with Crippen molar-refractivity contribution >= 4 is 17.5 Å². The van der Waals surface area contributed by atoms with Gasteiger partial charge in [0.2, 0.25) is 0 Å². The van der Waals surface area contributed by atoms with Gasteiger partial charge in [-0.15, -0.1) is 0 Å². The van der Waals surface area contributed by atoms with E-state index in [0.29, 0.717) is 5.84 Å². The van der Waals surface area contributed by atoms with Crippen LogP contribution in [0.2, 0.25) is 0 Å². The van der Waals surface area contributed by atoms with Gasteiger partial charge in [0, 0.05) is 38.2 Å². The largest absolute Gasteiger partial charge is 0.480 e. The quantitative estimate of drug-likeness (QED) is 0.307. The van der Waals surface area contributed by atoms with Gasteiger partial charge in [0.25, 0.3) is 0 Å². The van der Waals surface area contributed by atoms with E-state index in [1.54, 1.807) is 0 Å². The van der Waals surface area contributed by atoms with Gasteiger partial charge < -0.3 is 20.0 Å². The van der Waals surface area contributed by atoms with Gasteiger partial charge in [0.1, 0.15) is 18.5 Å². The molecule has 3 rings (SSSR count). The van der Waals surface area contributed by atoms with Crippen molar-refractivity contribution in [1.82, 2.24) is 10.2 Å². The number of amidine groups is 1. The number of hydrogen-bond acceptors (Lipinski definition) is 6. The Bertz CT molecular complexity index is 742. The first-order valence-electron chi connectivity index (χ1n) is 10.8. The normalized spacial score (nSPS) is 19.9. The molecule has 0 aliphatic carbocycles. The highest BCUT2D eigenvalue weighted by molar-refractivity contribution is 6.02. The van der Waals surface area contributed by atoms with Gasteiger partial charge in [-0.2, -0.15) is 0 Å². The van der Waals surface area contributed by atoms with Crippen molar-refractivity contribution < 1.29 is 19.5 Å². The summed E-state index contributed by atoms with van der Waals surface area (Å²) >= 11 is 0. The number of benzene rings is 1. The number of piperidine rings is 1. The van der Waals surface area contributed by atoms with E-state index in [9.17, 15) is 4.79 Å². The summed E-state index contributed by atoms with van der Waals surface area (Å²) in [5.74, 6) is -0.465. The second-order valence-electron chi connectivity index (χ2n) is 7.91. The zero-order valence-corrected chi connectivity index (χ0v) is 17.6. The highest BCUT2D eigenvalue weighted by Gasteiger charge is 2.27. The lowest BCUT2D eigenvalue weighted by Gasteiger charge is -2.32. The maximum atomic E-state index is 10.6. The van der Waals surface area contributed by atoms with Crippen molar-refractivity contribution in [2.45, 2.75) is 51.2 Å². The molecular formula is C22H32N4O4. The molecule has 0 aromatic heterocycles. The van der Waals surface area contributed by atoms with Crippen molar-refractivity contribution in [2.75, 3.05) is 32.8 Å². The smallest absolute Gasteiger partial charge is 0.329 e. The van der Waals surface area contributed by atoms with E-state index < -0.39 is 5.97 Å². The van der Waals surface area contributed by atoms with Crippen LogP contribution in [0.5, 0.6) is 0 Å². The van der Waals surface area contributed by atoms with Crippen LogP contribution in [0.25, 0.3) is 0 Å². The van der Waals surface area contributed by atoms with Gasteiger partial charge in [0.05, 0.1) is 11.8 Å². The summed E-state index contributed by atoms with van der Waals surface area (Å²) in [5.41, 5.74) is 2.85. The van der Waals surface area contributed by atoms with Crippen LogP contribution in [0.15, 0.2) is 29.4 Å². The van der Waals surface area contributed by atoms with Crippen molar-refractivity contribution in [1.29, 1.82) is 5.41 Å². The van der Waals surface area contributed by atoms with Gasteiger partial charge in [-0.25, -0.2) is 4.79 Å². The van der Waals surface area contributed by atoms with Crippen molar-refractivity contribution in [3.05, 3.63) is 35.4 Å². The predicted octanol–water partition coefficient (Wildman–Crippen LogP) is 2.46. The first-order chi connectivity index (χ1) is 14.5. The van der Waals surface area contributed by atoms with E-state index in [-0.39, 0.29) is 18.8 Å². The molecule has 1 aromatic carbocycles. The van der Waals surface area contributed by atoms with Gasteiger partial charge in [-0.1, -0.05) is 42.8 Å². The predicted molar refractivity (Wildman–Crippen MR) is 115 cm³/mol. The number of ether oxygens (including phenoxy) is 1. The number of nitrogens with one attached hydrogen (secondary N) is 2. The molecule has 164 valence electrons. The zero-order valence-electron chi connectivity index (χ0n) is 17.6. The van der Waals surface area contributed by atoms with Crippen LogP contribution in [0, 0.1) is 5.41 Å². The fourth-order valence-corrected chi connectivity index (χ4v) is 3.75. The minimum absolute atomic E-state index is 0.0300. The van der Waals surface area contributed by atoms with E-state index in [1.165, 1.54) is 0 Å². The number of likely N-dealkylation sites (tertiary alicyclic amines) is 1. The van der Waals surface area contributed by atoms with Crippen LogP contribution in [0.3, 0.4) is 0 Å². The van der Waals surface area contributed by atoms with Crippen LogP contribution in [-0.4, -0.2) is 72.5 Å². The van der Waals surface area contributed by atoms with E-state index >= 15 is 0 Å². The second-order valence-corrected chi connectivity index (χ2v) is 7.91. The van der Waals surface area contributed by atoms with Crippen LogP contribution in [0.1, 0.15) is 50.2 Å². The lowest BCUT2D eigenvalue weighted by molar-refractivity contribution is -0.145. The Morgan fingerprint density at radius 3 is 2.73 bits per heavy atom. The zero-order chi connectivity index (χ0) is 21.3. The molecule has 0 radical (unpaired) electrons. The molecule has 30 heavy (non-hydrogen) atoms. The Balaban J connectivity index is 1.41. The van der Waals surface area contributed by atoms with Gasteiger partial charge >= 0.3 is 5.97 Å². The molecule has 8 heteroatoms.